The zero-order chi connectivity index (χ0) is 25.4. The predicted octanol–water partition coefficient (Wildman–Crippen LogP) is 7.98. The molecule has 0 fully saturated rings. The number of carbonyl (C=O) groups is 2. The number of carbonyl (C=O) groups excluding carboxylic acids is 1. The highest BCUT2D eigenvalue weighted by Crippen LogP contribution is 2.03. The fraction of sp³-hybridized carbons (Fsp3) is 0.769. The first-order valence-corrected chi connectivity index (χ1v) is 14.6. The quantitative estimate of drug-likeness (QED) is 0.0680. The smallest absolute Gasteiger partial charge is 0.306 e. The lowest BCUT2D eigenvalue weighted by molar-refractivity contribution is -0.142. The fourth-order valence-electron chi connectivity index (χ4n) is 2.40. The molecular weight excluding hydrogens is 552 g/mol. The molecule has 0 aliphatic rings. The largest absolute Gasteiger partial charge is 0.481 e. The number of hydrogen-bond acceptors (Lipinski definition) is 4. The summed E-state index contributed by atoms with van der Waals surface area (Å²) in [5.74, 6) is -0.825. The van der Waals surface area contributed by atoms with Gasteiger partial charge in [-0.2, -0.15) is 0 Å². The standard InChI is InChI=1S/C13H23BrO2.C9H18O.C4H7BrO2/c1-2-3-4-5-6-7-8-12-16-13(15)10-9-11-14;1-2-3-4-5-6-7-8-9-10;5-3-1-2-4(6)7/h7-8H,2-6,9-12H2,1H3;7-8,10H,2-6,9H2,1H3;1-3H2,(H,6,7)/b2*8-7-;. The van der Waals surface area contributed by atoms with Gasteiger partial charge in [-0.25, -0.2) is 0 Å². The highest BCUT2D eigenvalue weighted by Gasteiger charge is 1.99. The number of alkyl halides is 2. The van der Waals surface area contributed by atoms with Gasteiger partial charge in [-0.3, -0.25) is 9.59 Å². The van der Waals surface area contributed by atoms with Crippen LogP contribution in [0.15, 0.2) is 24.3 Å². The zero-order valence-corrected chi connectivity index (χ0v) is 24.1. The minimum Gasteiger partial charge on any atom is -0.481 e. The second-order valence-electron chi connectivity index (χ2n) is 7.49. The summed E-state index contributed by atoms with van der Waals surface area (Å²) in [5.41, 5.74) is 0. The van der Waals surface area contributed by atoms with Crippen LogP contribution in [0.5, 0.6) is 0 Å². The van der Waals surface area contributed by atoms with Crippen LogP contribution in [-0.2, 0) is 14.3 Å². The van der Waals surface area contributed by atoms with Crippen molar-refractivity contribution < 1.29 is 24.5 Å². The third-order valence-electron chi connectivity index (χ3n) is 4.27. The molecule has 0 bridgehead atoms. The fourth-order valence-corrected chi connectivity index (χ4v) is 2.96. The Morgan fingerprint density at radius 2 is 1.24 bits per heavy atom. The second-order valence-corrected chi connectivity index (χ2v) is 9.07. The molecule has 7 heteroatoms. The van der Waals surface area contributed by atoms with Crippen molar-refractivity contribution in [3.05, 3.63) is 24.3 Å². The van der Waals surface area contributed by atoms with Gasteiger partial charge in [0.1, 0.15) is 6.61 Å². The number of ether oxygens (including phenoxy) is 1. The first-order chi connectivity index (χ1) is 16.0. The van der Waals surface area contributed by atoms with Gasteiger partial charge >= 0.3 is 11.9 Å². The summed E-state index contributed by atoms with van der Waals surface area (Å²) in [6.07, 6.45) is 22.8. The van der Waals surface area contributed by atoms with Crippen LogP contribution >= 0.6 is 31.9 Å². The Balaban J connectivity index is -0.000000451. The Labute approximate surface area is 219 Å². The van der Waals surface area contributed by atoms with E-state index in [4.69, 9.17) is 14.9 Å². The van der Waals surface area contributed by atoms with Crippen molar-refractivity contribution in [2.45, 2.75) is 104 Å². The van der Waals surface area contributed by atoms with E-state index in [1.165, 1.54) is 51.4 Å². The lowest BCUT2D eigenvalue weighted by Crippen LogP contribution is -2.04. The molecule has 5 nitrogen and oxygen atoms in total. The number of carboxylic acid groups (broad SMARTS) is 1. The average Bonchev–Trinajstić information content (AvgIpc) is 2.81. The van der Waals surface area contributed by atoms with Gasteiger partial charge in [0.25, 0.3) is 0 Å². The average molecular weight is 600 g/mol. The Bertz CT molecular complexity index is 454. The molecular formula is C26H48Br2O5. The first-order valence-electron chi connectivity index (χ1n) is 12.4. The van der Waals surface area contributed by atoms with Gasteiger partial charge in [-0.1, -0.05) is 109 Å². The highest BCUT2D eigenvalue weighted by molar-refractivity contribution is 9.09. The SMILES string of the molecule is CCCCCC/C=C\CO.CCCCCC/C=C\COC(=O)CCCBr.O=C(O)CCCBr. The van der Waals surface area contributed by atoms with E-state index in [1.807, 2.05) is 12.2 Å². The monoisotopic (exact) mass is 598 g/mol. The maximum Gasteiger partial charge on any atom is 0.306 e. The maximum atomic E-state index is 11.1. The van der Waals surface area contributed by atoms with E-state index in [2.05, 4.69) is 57.9 Å². The molecule has 2 N–H and O–H groups in total. The van der Waals surface area contributed by atoms with Crippen molar-refractivity contribution in [2.75, 3.05) is 23.9 Å². The third-order valence-corrected chi connectivity index (χ3v) is 5.39. The van der Waals surface area contributed by atoms with Gasteiger partial charge in [0.2, 0.25) is 0 Å². The van der Waals surface area contributed by atoms with E-state index >= 15 is 0 Å². The number of aliphatic hydroxyl groups excluding tert-OH is 1. The van der Waals surface area contributed by atoms with Crippen molar-refractivity contribution in [3.8, 4) is 0 Å². The van der Waals surface area contributed by atoms with Crippen molar-refractivity contribution in [3.63, 3.8) is 0 Å². The zero-order valence-electron chi connectivity index (χ0n) is 20.9. The molecule has 0 saturated carbocycles. The van der Waals surface area contributed by atoms with Gasteiger partial charge in [-0.05, 0) is 38.5 Å². The summed E-state index contributed by atoms with van der Waals surface area (Å²) in [7, 11) is 0. The lowest BCUT2D eigenvalue weighted by atomic mass is 10.1. The van der Waals surface area contributed by atoms with Crippen molar-refractivity contribution in [2.24, 2.45) is 0 Å². The second kappa shape index (κ2) is 35.9. The van der Waals surface area contributed by atoms with Crippen molar-refractivity contribution >= 4 is 43.8 Å². The molecule has 0 aliphatic heterocycles. The van der Waals surface area contributed by atoms with E-state index in [9.17, 15) is 9.59 Å². The van der Waals surface area contributed by atoms with Crippen LogP contribution in [-0.4, -0.2) is 46.0 Å². The molecule has 0 heterocycles. The van der Waals surface area contributed by atoms with Gasteiger partial charge in [0.05, 0.1) is 6.61 Å². The number of aliphatic hydroxyl groups is 1. The van der Waals surface area contributed by atoms with Crippen LogP contribution < -0.4 is 0 Å². The number of hydrogen-bond donors (Lipinski definition) is 2. The van der Waals surface area contributed by atoms with E-state index < -0.39 is 5.97 Å². The minimum atomic E-state index is -0.723. The summed E-state index contributed by atoms with van der Waals surface area (Å²) < 4.78 is 5.03. The number of allylic oxidation sites excluding steroid dienone is 2. The number of esters is 1. The van der Waals surface area contributed by atoms with E-state index in [0.717, 1.165) is 36.3 Å². The van der Waals surface area contributed by atoms with Crippen LogP contribution in [0.2, 0.25) is 0 Å². The van der Waals surface area contributed by atoms with Crippen LogP contribution in [0.25, 0.3) is 0 Å². The number of halogens is 2. The Hall–Kier alpha value is -0.660. The molecule has 0 aromatic rings. The molecule has 0 saturated heterocycles. The molecule has 196 valence electrons. The van der Waals surface area contributed by atoms with Crippen molar-refractivity contribution in [1.29, 1.82) is 0 Å². The van der Waals surface area contributed by atoms with E-state index in [0.29, 0.717) is 13.0 Å². The predicted molar refractivity (Wildman–Crippen MR) is 148 cm³/mol. The van der Waals surface area contributed by atoms with Crippen LogP contribution in [0.3, 0.4) is 0 Å². The summed E-state index contributed by atoms with van der Waals surface area (Å²) in [4.78, 5) is 20.8. The Morgan fingerprint density at radius 3 is 1.67 bits per heavy atom. The molecule has 0 aliphatic carbocycles. The summed E-state index contributed by atoms with van der Waals surface area (Å²) in [6, 6.07) is 0. The Morgan fingerprint density at radius 1 is 0.727 bits per heavy atom. The van der Waals surface area contributed by atoms with Gasteiger partial charge in [-0.15, -0.1) is 0 Å². The van der Waals surface area contributed by atoms with E-state index in [1.54, 1.807) is 0 Å². The maximum absolute atomic E-state index is 11.1. The van der Waals surface area contributed by atoms with Gasteiger partial charge in [0, 0.05) is 23.5 Å². The number of carboxylic acids is 1. The minimum absolute atomic E-state index is 0.102. The normalized spacial score (nSPS) is 10.5. The molecule has 0 amide bonds. The summed E-state index contributed by atoms with van der Waals surface area (Å²) in [6.45, 7) is 5.04. The Kier molecular flexibility index (Phi) is 40.2. The molecule has 0 spiro atoms. The van der Waals surface area contributed by atoms with E-state index in [-0.39, 0.29) is 19.0 Å². The molecule has 0 aromatic carbocycles. The van der Waals surface area contributed by atoms with Crippen LogP contribution in [0.1, 0.15) is 104 Å². The molecule has 0 unspecified atom stereocenters. The number of rotatable bonds is 19. The van der Waals surface area contributed by atoms with Crippen molar-refractivity contribution in [1.82, 2.24) is 0 Å². The van der Waals surface area contributed by atoms with Crippen LogP contribution in [0, 0.1) is 0 Å². The molecule has 0 atom stereocenters. The topological polar surface area (TPSA) is 83.8 Å². The van der Waals surface area contributed by atoms with Crippen LogP contribution in [0.4, 0.5) is 0 Å². The molecule has 0 aromatic heterocycles. The van der Waals surface area contributed by atoms with Gasteiger partial charge < -0.3 is 14.9 Å². The number of aliphatic carboxylic acids is 1. The lowest BCUT2D eigenvalue weighted by Gasteiger charge is -1.99. The summed E-state index contributed by atoms with van der Waals surface area (Å²) in [5, 5.41) is 18.0. The molecule has 33 heavy (non-hydrogen) atoms. The summed E-state index contributed by atoms with van der Waals surface area (Å²) >= 11 is 6.39. The first kappa shape index (κ1) is 36.9. The third kappa shape index (κ3) is 45.5. The van der Waals surface area contributed by atoms with Gasteiger partial charge in [0.15, 0.2) is 0 Å². The number of unbranched alkanes of at least 4 members (excludes halogenated alkanes) is 8. The molecule has 0 rings (SSSR count). The highest BCUT2D eigenvalue weighted by atomic mass is 79.9. The molecule has 0 radical (unpaired) electrons.